The van der Waals surface area contributed by atoms with Gasteiger partial charge in [0.1, 0.15) is 0 Å². The molecule has 5 heteroatoms. The fourth-order valence-corrected chi connectivity index (χ4v) is 2.06. The van der Waals surface area contributed by atoms with Gasteiger partial charge in [-0.3, -0.25) is 0 Å². The average Bonchev–Trinajstić information content (AvgIpc) is 2.71. The number of aliphatic hydroxyl groups is 1. The zero-order chi connectivity index (χ0) is 10.6. The van der Waals surface area contributed by atoms with Gasteiger partial charge in [-0.1, -0.05) is 24.4 Å². The standard InChI is InChI=1S/C10H17N3O2/c14-10(4-2-1-3-5-10)7-11-6-9-12-8-15-13-9/h8,11,14H,1-7H2. The van der Waals surface area contributed by atoms with Gasteiger partial charge < -0.3 is 14.9 Å². The summed E-state index contributed by atoms with van der Waals surface area (Å²) in [6, 6.07) is 0. The summed E-state index contributed by atoms with van der Waals surface area (Å²) in [5.74, 6) is 0.634. The molecule has 0 atom stereocenters. The first-order valence-electron chi connectivity index (χ1n) is 5.47. The van der Waals surface area contributed by atoms with Crippen LogP contribution in [0.2, 0.25) is 0 Å². The van der Waals surface area contributed by atoms with Crippen molar-refractivity contribution in [2.24, 2.45) is 0 Å². The van der Waals surface area contributed by atoms with Gasteiger partial charge >= 0.3 is 0 Å². The van der Waals surface area contributed by atoms with E-state index in [0.717, 1.165) is 25.7 Å². The van der Waals surface area contributed by atoms with Crippen molar-refractivity contribution in [3.8, 4) is 0 Å². The normalized spacial score (nSPS) is 20.3. The van der Waals surface area contributed by atoms with E-state index < -0.39 is 5.60 Å². The molecule has 1 aliphatic carbocycles. The summed E-state index contributed by atoms with van der Waals surface area (Å²) in [4.78, 5) is 3.90. The highest BCUT2D eigenvalue weighted by Gasteiger charge is 2.28. The number of rotatable bonds is 4. The third-order valence-electron chi connectivity index (χ3n) is 2.93. The number of nitrogens with zero attached hydrogens (tertiary/aromatic N) is 2. The van der Waals surface area contributed by atoms with Gasteiger partial charge in [0.05, 0.1) is 12.1 Å². The largest absolute Gasteiger partial charge is 0.389 e. The molecule has 1 fully saturated rings. The second kappa shape index (κ2) is 4.72. The van der Waals surface area contributed by atoms with E-state index in [0.29, 0.717) is 18.9 Å². The minimum Gasteiger partial charge on any atom is -0.389 e. The van der Waals surface area contributed by atoms with Crippen molar-refractivity contribution in [1.82, 2.24) is 15.5 Å². The molecule has 0 bridgehead atoms. The molecule has 84 valence electrons. The van der Waals surface area contributed by atoms with Crippen LogP contribution in [0.3, 0.4) is 0 Å². The first kappa shape index (κ1) is 10.6. The van der Waals surface area contributed by atoms with Crippen LogP contribution in [0.5, 0.6) is 0 Å². The van der Waals surface area contributed by atoms with Crippen LogP contribution in [0.15, 0.2) is 10.9 Å². The SMILES string of the molecule is OC1(CNCc2ncon2)CCCCC1. The molecule has 0 aliphatic heterocycles. The lowest BCUT2D eigenvalue weighted by Gasteiger charge is -2.32. The van der Waals surface area contributed by atoms with Gasteiger partial charge in [0.25, 0.3) is 0 Å². The van der Waals surface area contributed by atoms with E-state index in [1.165, 1.54) is 12.8 Å². The molecule has 1 aromatic heterocycles. The smallest absolute Gasteiger partial charge is 0.213 e. The number of aromatic nitrogens is 2. The molecule has 1 heterocycles. The molecule has 1 saturated carbocycles. The summed E-state index contributed by atoms with van der Waals surface area (Å²) in [6.45, 7) is 1.17. The van der Waals surface area contributed by atoms with Crippen LogP contribution in [-0.4, -0.2) is 27.4 Å². The molecule has 0 unspecified atom stereocenters. The Balaban J connectivity index is 1.72. The summed E-state index contributed by atoms with van der Waals surface area (Å²) < 4.78 is 4.62. The summed E-state index contributed by atoms with van der Waals surface area (Å²) in [7, 11) is 0. The summed E-state index contributed by atoms with van der Waals surface area (Å²) in [5, 5.41) is 17.0. The Morgan fingerprint density at radius 1 is 1.40 bits per heavy atom. The zero-order valence-corrected chi connectivity index (χ0v) is 8.78. The maximum Gasteiger partial charge on any atom is 0.213 e. The van der Waals surface area contributed by atoms with E-state index in [9.17, 15) is 5.11 Å². The maximum absolute atomic E-state index is 10.2. The molecule has 0 saturated heterocycles. The van der Waals surface area contributed by atoms with Crippen LogP contribution in [0.25, 0.3) is 0 Å². The molecule has 0 aromatic carbocycles. The third kappa shape index (κ3) is 3.00. The molecular weight excluding hydrogens is 194 g/mol. The first-order valence-corrected chi connectivity index (χ1v) is 5.47. The fraction of sp³-hybridized carbons (Fsp3) is 0.800. The van der Waals surface area contributed by atoms with Crippen molar-refractivity contribution in [3.05, 3.63) is 12.2 Å². The van der Waals surface area contributed by atoms with Crippen LogP contribution in [0, 0.1) is 0 Å². The van der Waals surface area contributed by atoms with Crippen LogP contribution < -0.4 is 5.32 Å². The van der Waals surface area contributed by atoms with Gasteiger partial charge in [0.15, 0.2) is 5.82 Å². The van der Waals surface area contributed by atoms with E-state index >= 15 is 0 Å². The summed E-state index contributed by atoms with van der Waals surface area (Å²) in [6.07, 6.45) is 6.60. The fourth-order valence-electron chi connectivity index (χ4n) is 2.06. The van der Waals surface area contributed by atoms with E-state index in [2.05, 4.69) is 20.0 Å². The zero-order valence-electron chi connectivity index (χ0n) is 8.78. The van der Waals surface area contributed by atoms with Crippen LogP contribution in [0.4, 0.5) is 0 Å². The molecule has 15 heavy (non-hydrogen) atoms. The lowest BCUT2D eigenvalue weighted by Crippen LogP contribution is -2.42. The van der Waals surface area contributed by atoms with Gasteiger partial charge in [-0.25, -0.2) is 0 Å². The monoisotopic (exact) mass is 211 g/mol. The quantitative estimate of drug-likeness (QED) is 0.772. The van der Waals surface area contributed by atoms with Crippen molar-refractivity contribution < 1.29 is 9.63 Å². The highest BCUT2D eigenvalue weighted by atomic mass is 16.5. The second-order valence-corrected chi connectivity index (χ2v) is 4.24. The van der Waals surface area contributed by atoms with Crippen molar-refractivity contribution >= 4 is 0 Å². The molecule has 2 N–H and O–H groups in total. The average molecular weight is 211 g/mol. The Bertz CT molecular complexity index is 281. The molecule has 2 rings (SSSR count). The van der Waals surface area contributed by atoms with Gasteiger partial charge in [0, 0.05) is 6.54 Å². The van der Waals surface area contributed by atoms with Gasteiger partial charge in [-0.05, 0) is 12.8 Å². The molecule has 0 radical (unpaired) electrons. The van der Waals surface area contributed by atoms with E-state index in [1.807, 2.05) is 0 Å². The van der Waals surface area contributed by atoms with Gasteiger partial charge in [-0.15, -0.1) is 0 Å². The molecule has 1 aliphatic rings. The Morgan fingerprint density at radius 3 is 2.87 bits per heavy atom. The van der Waals surface area contributed by atoms with E-state index in [-0.39, 0.29) is 0 Å². The van der Waals surface area contributed by atoms with Crippen molar-refractivity contribution in [3.63, 3.8) is 0 Å². The highest BCUT2D eigenvalue weighted by Crippen LogP contribution is 2.27. The second-order valence-electron chi connectivity index (χ2n) is 4.24. The Hall–Kier alpha value is -0.940. The van der Waals surface area contributed by atoms with Crippen LogP contribution in [-0.2, 0) is 6.54 Å². The van der Waals surface area contributed by atoms with Crippen molar-refractivity contribution in [2.75, 3.05) is 6.54 Å². The highest BCUT2D eigenvalue weighted by molar-refractivity contribution is 4.86. The topological polar surface area (TPSA) is 71.2 Å². The van der Waals surface area contributed by atoms with Crippen molar-refractivity contribution in [1.29, 1.82) is 0 Å². The van der Waals surface area contributed by atoms with Crippen LogP contribution in [0.1, 0.15) is 37.9 Å². The number of hydrogen-bond donors (Lipinski definition) is 2. The Labute approximate surface area is 88.9 Å². The number of nitrogens with one attached hydrogen (secondary N) is 1. The summed E-state index contributed by atoms with van der Waals surface area (Å²) in [5.41, 5.74) is -0.526. The third-order valence-corrected chi connectivity index (χ3v) is 2.93. The minimum absolute atomic E-state index is 0.526. The predicted octanol–water partition coefficient (Wildman–Crippen LogP) is 0.854. The van der Waals surface area contributed by atoms with E-state index in [1.54, 1.807) is 0 Å². The van der Waals surface area contributed by atoms with E-state index in [4.69, 9.17) is 0 Å². The predicted molar refractivity (Wildman–Crippen MR) is 54.0 cm³/mol. The molecule has 0 spiro atoms. The Kier molecular flexibility index (Phi) is 3.33. The van der Waals surface area contributed by atoms with Gasteiger partial charge in [0.2, 0.25) is 6.39 Å². The lowest BCUT2D eigenvalue weighted by atomic mass is 9.85. The van der Waals surface area contributed by atoms with Crippen LogP contribution >= 0.6 is 0 Å². The number of hydrogen-bond acceptors (Lipinski definition) is 5. The molecule has 5 nitrogen and oxygen atoms in total. The summed E-state index contributed by atoms with van der Waals surface area (Å²) >= 11 is 0. The van der Waals surface area contributed by atoms with Crippen molar-refractivity contribution in [2.45, 2.75) is 44.2 Å². The first-order chi connectivity index (χ1) is 7.29. The Morgan fingerprint density at radius 2 is 2.20 bits per heavy atom. The molecule has 0 amide bonds. The molecule has 1 aromatic rings. The lowest BCUT2D eigenvalue weighted by molar-refractivity contribution is 0.00452. The maximum atomic E-state index is 10.2. The minimum atomic E-state index is -0.526. The van der Waals surface area contributed by atoms with Gasteiger partial charge in [-0.2, -0.15) is 4.98 Å². The molecular formula is C10H17N3O2.